The lowest BCUT2D eigenvalue weighted by Gasteiger charge is -2.09. The van der Waals surface area contributed by atoms with Crippen molar-refractivity contribution < 1.29 is 0 Å². The molecular weight excluding hydrogens is 236 g/mol. The fourth-order valence-electron chi connectivity index (χ4n) is 2.01. The van der Waals surface area contributed by atoms with Gasteiger partial charge in [-0.3, -0.25) is 4.98 Å². The molecule has 4 nitrogen and oxygen atoms in total. The van der Waals surface area contributed by atoms with Crippen LogP contribution in [-0.2, 0) is 6.54 Å². The van der Waals surface area contributed by atoms with Crippen molar-refractivity contribution in [3.8, 4) is 0 Å². The van der Waals surface area contributed by atoms with Gasteiger partial charge in [0.1, 0.15) is 11.3 Å². The molecule has 3 rings (SSSR count). The van der Waals surface area contributed by atoms with Gasteiger partial charge in [-0.15, -0.1) is 0 Å². The van der Waals surface area contributed by atoms with Gasteiger partial charge in [0.05, 0.1) is 11.2 Å². The Hall–Kier alpha value is -2.62. The number of nitrogens with two attached hydrogens (primary N) is 1. The van der Waals surface area contributed by atoms with Crippen LogP contribution in [0.4, 0.5) is 11.5 Å². The maximum absolute atomic E-state index is 5.81. The third kappa shape index (κ3) is 2.47. The number of rotatable bonds is 3. The highest BCUT2D eigenvalue weighted by Crippen LogP contribution is 2.22. The Bertz CT molecular complexity index is 695. The second kappa shape index (κ2) is 4.94. The summed E-state index contributed by atoms with van der Waals surface area (Å²) in [6.45, 7) is 0.732. The average Bonchev–Trinajstić information content (AvgIpc) is 2.45. The lowest BCUT2D eigenvalue weighted by molar-refractivity contribution is 1.15. The van der Waals surface area contributed by atoms with Gasteiger partial charge in [-0.25, -0.2) is 4.98 Å². The van der Waals surface area contributed by atoms with Crippen molar-refractivity contribution in [1.29, 1.82) is 0 Å². The molecule has 0 fully saturated rings. The van der Waals surface area contributed by atoms with E-state index in [1.165, 1.54) is 5.56 Å². The summed E-state index contributed by atoms with van der Waals surface area (Å²) < 4.78 is 0. The molecule has 4 heteroatoms. The molecule has 0 aliphatic rings. The zero-order valence-electron chi connectivity index (χ0n) is 10.4. The first kappa shape index (κ1) is 11.5. The second-order valence-corrected chi connectivity index (χ2v) is 4.30. The molecule has 2 heterocycles. The van der Waals surface area contributed by atoms with Crippen LogP contribution in [0.5, 0.6) is 0 Å². The molecule has 0 bridgehead atoms. The van der Waals surface area contributed by atoms with Crippen molar-refractivity contribution in [1.82, 2.24) is 9.97 Å². The second-order valence-electron chi connectivity index (χ2n) is 4.30. The molecule has 0 saturated carbocycles. The Balaban J connectivity index is 1.92. The smallest absolute Gasteiger partial charge is 0.126 e. The molecule has 0 atom stereocenters. The summed E-state index contributed by atoms with van der Waals surface area (Å²) >= 11 is 0. The van der Waals surface area contributed by atoms with Crippen LogP contribution in [0.25, 0.3) is 11.0 Å². The third-order valence-electron chi connectivity index (χ3n) is 2.91. The molecule has 3 N–H and O–H groups in total. The van der Waals surface area contributed by atoms with E-state index < -0.39 is 0 Å². The number of benzene rings is 1. The highest BCUT2D eigenvalue weighted by Gasteiger charge is 2.04. The minimum Gasteiger partial charge on any atom is -0.384 e. The van der Waals surface area contributed by atoms with Crippen molar-refractivity contribution in [3.63, 3.8) is 0 Å². The molecule has 94 valence electrons. The first-order valence-corrected chi connectivity index (χ1v) is 6.12. The third-order valence-corrected chi connectivity index (χ3v) is 2.91. The van der Waals surface area contributed by atoms with Gasteiger partial charge in [0.15, 0.2) is 0 Å². The number of pyridine rings is 2. The van der Waals surface area contributed by atoms with Crippen LogP contribution >= 0.6 is 0 Å². The van der Waals surface area contributed by atoms with Gasteiger partial charge < -0.3 is 11.1 Å². The molecule has 0 saturated heterocycles. The van der Waals surface area contributed by atoms with E-state index >= 15 is 0 Å². The van der Waals surface area contributed by atoms with Crippen molar-refractivity contribution >= 4 is 22.5 Å². The molecule has 0 unspecified atom stereocenters. The van der Waals surface area contributed by atoms with E-state index in [1.54, 1.807) is 6.20 Å². The SMILES string of the molecule is Nc1cc(NCc2ccccc2)c2ncccc2n1. The minimum absolute atomic E-state index is 0.496. The normalized spacial score (nSPS) is 10.5. The Morgan fingerprint density at radius 3 is 2.74 bits per heavy atom. The van der Waals surface area contributed by atoms with Gasteiger partial charge in [-0.05, 0) is 17.7 Å². The number of aromatic nitrogens is 2. The maximum Gasteiger partial charge on any atom is 0.126 e. The summed E-state index contributed by atoms with van der Waals surface area (Å²) in [5.41, 5.74) is 9.58. The van der Waals surface area contributed by atoms with E-state index in [0.717, 1.165) is 23.3 Å². The molecule has 0 aliphatic carbocycles. The highest BCUT2D eigenvalue weighted by atomic mass is 14.9. The molecule has 0 aliphatic heterocycles. The highest BCUT2D eigenvalue weighted by molar-refractivity contribution is 5.89. The predicted octanol–water partition coefficient (Wildman–Crippen LogP) is 2.82. The standard InChI is InChI=1S/C15H14N4/c16-14-9-13(15-12(19-14)7-4-8-17-15)18-10-11-5-2-1-3-6-11/h1-9H,10H2,(H3,16,18,19). The van der Waals surface area contributed by atoms with E-state index in [4.69, 9.17) is 5.73 Å². The van der Waals surface area contributed by atoms with Gasteiger partial charge in [0, 0.05) is 18.8 Å². The largest absolute Gasteiger partial charge is 0.384 e. The van der Waals surface area contributed by atoms with Gasteiger partial charge in [-0.1, -0.05) is 30.3 Å². The summed E-state index contributed by atoms with van der Waals surface area (Å²) in [6.07, 6.45) is 1.76. The zero-order valence-corrected chi connectivity index (χ0v) is 10.4. The quantitative estimate of drug-likeness (QED) is 0.750. The monoisotopic (exact) mass is 250 g/mol. The van der Waals surface area contributed by atoms with Crippen molar-refractivity contribution in [2.45, 2.75) is 6.54 Å². The zero-order chi connectivity index (χ0) is 13.1. The fraction of sp³-hybridized carbons (Fsp3) is 0.0667. The molecule has 3 aromatic rings. The molecule has 0 spiro atoms. The summed E-state index contributed by atoms with van der Waals surface area (Å²) in [6, 6.07) is 15.8. The fourth-order valence-corrected chi connectivity index (χ4v) is 2.01. The minimum atomic E-state index is 0.496. The first-order valence-electron chi connectivity index (χ1n) is 6.12. The van der Waals surface area contributed by atoms with Crippen LogP contribution in [0.2, 0.25) is 0 Å². The maximum atomic E-state index is 5.81. The van der Waals surface area contributed by atoms with Gasteiger partial charge in [0.25, 0.3) is 0 Å². The first-order chi connectivity index (χ1) is 9.33. The van der Waals surface area contributed by atoms with Crippen molar-refractivity contribution in [3.05, 3.63) is 60.3 Å². The van der Waals surface area contributed by atoms with Crippen LogP contribution in [0.1, 0.15) is 5.56 Å². The predicted molar refractivity (Wildman–Crippen MR) is 77.7 cm³/mol. The number of hydrogen-bond donors (Lipinski definition) is 2. The van der Waals surface area contributed by atoms with Crippen LogP contribution < -0.4 is 11.1 Å². The van der Waals surface area contributed by atoms with Gasteiger partial charge >= 0.3 is 0 Å². The molecular formula is C15H14N4. The topological polar surface area (TPSA) is 63.8 Å². The number of nitrogens with one attached hydrogen (secondary N) is 1. The van der Waals surface area contributed by atoms with Crippen LogP contribution in [-0.4, -0.2) is 9.97 Å². The van der Waals surface area contributed by atoms with Crippen molar-refractivity contribution in [2.75, 3.05) is 11.1 Å². The molecule has 19 heavy (non-hydrogen) atoms. The van der Waals surface area contributed by atoms with Crippen LogP contribution in [0, 0.1) is 0 Å². The van der Waals surface area contributed by atoms with Crippen LogP contribution in [0.15, 0.2) is 54.7 Å². The average molecular weight is 250 g/mol. The van der Waals surface area contributed by atoms with Gasteiger partial charge in [0.2, 0.25) is 0 Å². The summed E-state index contributed by atoms with van der Waals surface area (Å²) in [5.74, 6) is 0.496. The van der Waals surface area contributed by atoms with E-state index in [9.17, 15) is 0 Å². The number of nitrogens with zero attached hydrogens (tertiary/aromatic N) is 2. The summed E-state index contributed by atoms with van der Waals surface area (Å²) in [7, 11) is 0. The van der Waals surface area contributed by atoms with Crippen LogP contribution in [0.3, 0.4) is 0 Å². The Morgan fingerprint density at radius 1 is 1.05 bits per heavy atom. The Labute approximate surface area is 111 Å². The number of fused-ring (bicyclic) bond motifs is 1. The number of hydrogen-bond acceptors (Lipinski definition) is 4. The van der Waals surface area contributed by atoms with Gasteiger partial charge in [-0.2, -0.15) is 0 Å². The van der Waals surface area contributed by atoms with E-state index in [2.05, 4.69) is 27.4 Å². The molecule has 2 aromatic heterocycles. The Morgan fingerprint density at radius 2 is 1.89 bits per heavy atom. The molecule has 0 amide bonds. The van der Waals surface area contributed by atoms with E-state index in [0.29, 0.717) is 5.82 Å². The van der Waals surface area contributed by atoms with E-state index in [-0.39, 0.29) is 0 Å². The molecule has 1 aromatic carbocycles. The summed E-state index contributed by atoms with van der Waals surface area (Å²) in [4.78, 5) is 8.62. The number of nitrogen functional groups attached to an aromatic ring is 1. The van der Waals surface area contributed by atoms with Crippen molar-refractivity contribution in [2.24, 2.45) is 0 Å². The Kier molecular flexibility index (Phi) is 2.98. The molecule has 0 radical (unpaired) electrons. The number of anilines is 2. The lowest BCUT2D eigenvalue weighted by atomic mass is 10.2. The van der Waals surface area contributed by atoms with E-state index in [1.807, 2.05) is 36.4 Å². The summed E-state index contributed by atoms with van der Waals surface area (Å²) in [5, 5.41) is 3.36. The lowest BCUT2D eigenvalue weighted by Crippen LogP contribution is -2.02.